The van der Waals surface area contributed by atoms with E-state index in [1.54, 1.807) is 0 Å². The van der Waals surface area contributed by atoms with E-state index < -0.39 is 0 Å². The first-order chi connectivity index (χ1) is 6.87. The Balaban J connectivity index is 4.12. The first-order valence-corrected chi connectivity index (χ1v) is 6.26. The van der Waals surface area contributed by atoms with E-state index in [1.807, 2.05) is 6.92 Å². The van der Waals surface area contributed by atoms with Gasteiger partial charge in [-0.1, -0.05) is 34.1 Å². The highest BCUT2D eigenvalue weighted by molar-refractivity contribution is 4.83. The molecule has 0 bridgehead atoms. The fraction of sp³-hybridized carbons (Fsp3) is 1.00. The summed E-state index contributed by atoms with van der Waals surface area (Å²) in [4.78, 5) is 0. The summed E-state index contributed by atoms with van der Waals surface area (Å²) in [6.07, 6.45) is 2.18. The van der Waals surface area contributed by atoms with Crippen LogP contribution in [0.4, 0.5) is 0 Å². The second-order valence-corrected chi connectivity index (χ2v) is 5.13. The summed E-state index contributed by atoms with van der Waals surface area (Å²) in [5.41, 5.74) is 5.79. The summed E-state index contributed by atoms with van der Waals surface area (Å²) in [7, 11) is 0. The fourth-order valence-electron chi connectivity index (χ4n) is 1.44. The van der Waals surface area contributed by atoms with Gasteiger partial charge in [0.2, 0.25) is 0 Å². The summed E-state index contributed by atoms with van der Waals surface area (Å²) in [6.45, 7) is 13.9. The summed E-state index contributed by atoms with van der Waals surface area (Å²) in [5, 5.41) is 0. The average molecular weight is 215 g/mol. The minimum Gasteiger partial charge on any atom is -0.373 e. The van der Waals surface area contributed by atoms with E-state index in [4.69, 9.17) is 10.5 Å². The molecule has 2 N–H and O–H groups in total. The third-order valence-corrected chi connectivity index (χ3v) is 3.96. The van der Waals surface area contributed by atoms with E-state index in [-0.39, 0.29) is 11.6 Å². The lowest BCUT2D eigenvalue weighted by atomic mass is 9.92. The van der Waals surface area contributed by atoms with E-state index in [2.05, 4.69) is 34.6 Å². The van der Waals surface area contributed by atoms with Gasteiger partial charge in [0.15, 0.2) is 0 Å². The van der Waals surface area contributed by atoms with Crippen LogP contribution in [0.3, 0.4) is 0 Å². The maximum Gasteiger partial charge on any atom is 0.0799 e. The molecule has 0 aliphatic carbocycles. The average Bonchev–Trinajstić information content (AvgIpc) is 2.23. The lowest BCUT2D eigenvalue weighted by Crippen LogP contribution is -2.46. The van der Waals surface area contributed by atoms with Crippen LogP contribution in [0.5, 0.6) is 0 Å². The first kappa shape index (κ1) is 14.9. The number of ether oxygens (including phenoxy) is 1. The Hall–Kier alpha value is -0.0800. The quantitative estimate of drug-likeness (QED) is 0.708. The molecular weight excluding hydrogens is 186 g/mol. The molecule has 0 spiro atoms. The van der Waals surface area contributed by atoms with Crippen molar-refractivity contribution in [1.29, 1.82) is 0 Å². The monoisotopic (exact) mass is 215 g/mol. The lowest BCUT2D eigenvalue weighted by molar-refractivity contribution is -0.0676. The zero-order valence-corrected chi connectivity index (χ0v) is 11.3. The number of hydrogen-bond donors (Lipinski definition) is 1. The van der Waals surface area contributed by atoms with E-state index in [0.29, 0.717) is 5.92 Å². The van der Waals surface area contributed by atoms with Crippen molar-refractivity contribution in [3.05, 3.63) is 0 Å². The maximum absolute atomic E-state index is 6.00. The second-order valence-electron chi connectivity index (χ2n) is 5.13. The first-order valence-electron chi connectivity index (χ1n) is 6.26. The fourth-order valence-corrected chi connectivity index (χ4v) is 1.44. The number of rotatable bonds is 7. The highest BCUT2D eigenvalue weighted by atomic mass is 16.5. The molecule has 0 aliphatic heterocycles. The van der Waals surface area contributed by atoms with Crippen LogP contribution >= 0.6 is 0 Å². The van der Waals surface area contributed by atoms with Gasteiger partial charge in [-0.05, 0) is 32.1 Å². The van der Waals surface area contributed by atoms with Crippen molar-refractivity contribution in [3.63, 3.8) is 0 Å². The standard InChI is InChI=1S/C13H29NO/c1-7-10(3)11(4)9-15-13(6,8-2)12(5)14/h10-12H,7-9,14H2,1-6H3. The topological polar surface area (TPSA) is 35.2 Å². The maximum atomic E-state index is 6.00. The molecule has 0 aromatic carbocycles. The van der Waals surface area contributed by atoms with Crippen LogP contribution in [0.25, 0.3) is 0 Å². The Labute approximate surface area is 95.6 Å². The molecule has 2 nitrogen and oxygen atoms in total. The van der Waals surface area contributed by atoms with Crippen molar-refractivity contribution in [2.24, 2.45) is 17.6 Å². The van der Waals surface area contributed by atoms with Gasteiger partial charge in [-0.2, -0.15) is 0 Å². The summed E-state index contributed by atoms with van der Waals surface area (Å²) >= 11 is 0. The van der Waals surface area contributed by atoms with Crippen LogP contribution in [0, 0.1) is 11.8 Å². The molecule has 0 aromatic heterocycles. The Morgan fingerprint density at radius 2 is 1.67 bits per heavy atom. The van der Waals surface area contributed by atoms with E-state index in [0.717, 1.165) is 18.9 Å². The van der Waals surface area contributed by atoms with Crippen molar-refractivity contribution >= 4 is 0 Å². The van der Waals surface area contributed by atoms with Gasteiger partial charge in [-0.25, -0.2) is 0 Å². The van der Waals surface area contributed by atoms with Crippen molar-refractivity contribution in [3.8, 4) is 0 Å². The zero-order valence-electron chi connectivity index (χ0n) is 11.3. The molecule has 92 valence electrons. The summed E-state index contributed by atoms with van der Waals surface area (Å²) in [6, 6.07) is 0.0895. The van der Waals surface area contributed by atoms with Crippen molar-refractivity contribution < 1.29 is 4.74 Å². The highest BCUT2D eigenvalue weighted by Crippen LogP contribution is 2.22. The minimum atomic E-state index is -0.165. The third-order valence-electron chi connectivity index (χ3n) is 3.96. The Morgan fingerprint density at radius 1 is 1.13 bits per heavy atom. The number of hydrogen-bond acceptors (Lipinski definition) is 2. The van der Waals surface area contributed by atoms with E-state index in [1.165, 1.54) is 6.42 Å². The molecule has 0 rings (SSSR count). The Kier molecular flexibility index (Phi) is 6.46. The van der Waals surface area contributed by atoms with Crippen LogP contribution in [0.15, 0.2) is 0 Å². The third kappa shape index (κ3) is 4.52. The van der Waals surface area contributed by atoms with Gasteiger partial charge in [0.05, 0.1) is 12.2 Å². The Morgan fingerprint density at radius 3 is 2.00 bits per heavy atom. The summed E-state index contributed by atoms with van der Waals surface area (Å²) in [5.74, 6) is 1.33. The van der Waals surface area contributed by atoms with Crippen molar-refractivity contribution in [1.82, 2.24) is 0 Å². The second kappa shape index (κ2) is 6.49. The SMILES string of the molecule is CCC(C)C(C)COC(C)(CC)C(C)N. The van der Waals surface area contributed by atoms with Gasteiger partial charge in [-0.3, -0.25) is 0 Å². The van der Waals surface area contributed by atoms with Gasteiger partial charge >= 0.3 is 0 Å². The van der Waals surface area contributed by atoms with Crippen LogP contribution in [0.2, 0.25) is 0 Å². The molecule has 0 heterocycles. The van der Waals surface area contributed by atoms with Gasteiger partial charge in [0.1, 0.15) is 0 Å². The van der Waals surface area contributed by atoms with Crippen LogP contribution < -0.4 is 5.73 Å². The lowest BCUT2D eigenvalue weighted by Gasteiger charge is -2.34. The largest absolute Gasteiger partial charge is 0.373 e. The number of nitrogens with two attached hydrogens (primary N) is 1. The van der Waals surface area contributed by atoms with E-state index in [9.17, 15) is 0 Å². The molecule has 4 unspecified atom stereocenters. The van der Waals surface area contributed by atoms with Gasteiger partial charge in [0, 0.05) is 6.04 Å². The summed E-state index contributed by atoms with van der Waals surface area (Å²) < 4.78 is 6.00. The van der Waals surface area contributed by atoms with E-state index >= 15 is 0 Å². The normalized spacial score (nSPS) is 21.8. The predicted molar refractivity (Wildman–Crippen MR) is 66.9 cm³/mol. The van der Waals surface area contributed by atoms with Gasteiger partial charge < -0.3 is 10.5 Å². The minimum absolute atomic E-state index is 0.0895. The molecule has 15 heavy (non-hydrogen) atoms. The molecule has 2 heteroatoms. The smallest absolute Gasteiger partial charge is 0.0799 e. The molecule has 0 saturated carbocycles. The van der Waals surface area contributed by atoms with Gasteiger partial charge in [0.25, 0.3) is 0 Å². The molecule has 0 radical (unpaired) electrons. The Bertz CT molecular complexity index is 170. The zero-order chi connectivity index (χ0) is 12.1. The predicted octanol–water partition coefficient (Wildman–Crippen LogP) is 3.20. The van der Waals surface area contributed by atoms with Crippen molar-refractivity contribution in [2.75, 3.05) is 6.61 Å². The van der Waals surface area contributed by atoms with Gasteiger partial charge in [-0.15, -0.1) is 0 Å². The van der Waals surface area contributed by atoms with Crippen LogP contribution in [0.1, 0.15) is 54.4 Å². The van der Waals surface area contributed by atoms with Crippen LogP contribution in [-0.4, -0.2) is 18.2 Å². The molecule has 0 aromatic rings. The molecule has 0 saturated heterocycles. The van der Waals surface area contributed by atoms with Crippen LogP contribution in [-0.2, 0) is 4.74 Å². The molecule has 0 fully saturated rings. The highest BCUT2D eigenvalue weighted by Gasteiger charge is 2.28. The van der Waals surface area contributed by atoms with Crippen molar-refractivity contribution in [2.45, 2.75) is 66.0 Å². The molecule has 0 aliphatic rings. The molecule has 0 amide bonds. The molecule has 4 atom stereocenters. The molecular formula is C13H29NO.